The topological polar surface area (TPSA) is 60.6 Å². The number of benzene rings is 1. The molecule has 0 amide bonds. The number of fused-ring (bicyclic) bond motifs is 2. The first-order valence-corrected chi connectivity index (χ1v) is 8.45. The van der Waals surface area contributed by atoms with E-state index in [1.807, 2.05) is 36.4 Å². The molecular weight excluding hydrogens is 318 g/mol. The lowest BCUT2D eigenvalue weighted by molar-refractivity contribution is 0.0493. The van der Waals surface area contributed by atoms with Crippen molar-refractivity contribution in [3.8, 4) is 33.9 Å². The molecule has 1 aliphatic carbocycles. The third kappa shape index (κ3) is 2.93. The molecule has 2 aliphatic heterocycles. The van der Waals surface area contributed by atoms with Crippen LogP contribution in [0, 0.1) is 0 Å². The van der Waals surface area contributed by atoms with Crippen molar-refractivity contribution >= 4 is 5.97 Å². The van der Waals surface area contributed by atoms with Crippen LogP contribution in [-0.4, -0.2) is 24.4 Å². The van der Waals surface area contributed by atoms with Gasteiger partial charge in [-0.2, -0.15) is 0 Å². The van der Waals surface area contributed by atoms with Crippen LogP contribution in [0.1, 0.15) is 30.3 Å². The number of rotatable bonds is 5. The largest absolute Gasteiger partial charge is 0.461 e. The summed E-state index contributed by atoms with van der Waals surface area (Å²) in [7, 11) is 0. The first-order chi connectivity index (χ1) is 12.3. The minimum absolute atomic E-state index is 0.262. The van der Waals surface area contributed by atoms with Crippen LogP contribution in [0.3, 0.4) is 0 Å². The van der Waals surface area contributed by atoms with E-state index in [2.05, 4.69) is 11.9 Å². The Morgan fingerprint density at radius 3 is 2.80 bits per heavy atom. The van der Waals surface area contributed by atoms with Gasteiger partial charge in [0.1, 0.15) is 5.69 Å². The molecule has 0 unspecified atom stereocenters. The van der Waals surface area contributed by atoms with E-state index in [0.29, 0.717) is 12.3 Å². The average Bonchev–Trinajstić information content (AvgIpc) is 3.27. The van der Waals surface area contributed by atoms with Gasteiger partial charge in [0.15, 0.2) is 11.5 Å². The predicted octanol–water partition coefficient (Wildman–Crippen LogP) is 4.47. The molecule has 2 heterocycles. The van der Waals surface area contributed by atoms with E-state index in [0.717, 1.165) is 46.7 Å². The molecule has 5 heteroatoms. The summed E-state index contributed by atoms with van der Waals surface area (Å²) >= 11 is 0. The number of hydrogen-bond acceptors (Lipinski definition) is 4. The molecule has 25 heavy (non-hydrogen) atoms. The third-order valence-electron chi connectivity index (χ3n) is 4.32. The highest BCUT2D eigenvalue weighted by Crippen LogP contribution is 2.40. The van der Waals surface area contributed by atoms with E-state index in [1.165, 1.54) is 0 Å². The minimum Gasteiger partial charge on any atom is -0.461 e. The van der Waals surface area contributed by atoms with Crippen molar-refractivity contribution in [3.63, 3.8) is 0 Å². The SMILES string of the molecule is CCCCOC(=O)c1ccc2c(-c3ccc4c(c3)OCO4)ccc-2[nH]1. The number of carbonyl (C=O) groups excluding carboxylic acids is 1. The lowest BCUT2D eigenvalue weighted by atomic mass is 10.0. The monoisotopic (exact) mass is 337 g/mol. The van der Waals surface area contributed by atoms with E-state index < -0.39 is 0 Å². The zero-order chi connectivity index (χ0) is 17.2. The number of unbranched alkanes of at least 4 members (excludes halogenated alkanes) is 1. The Balaban J connectivity index is 1.61. The van der Waals surface area contributed by atoms with Gasteiger partial charge in [0, 0.05) is 11.3 Å². The standard InChI is InChI=1S/C20H19NO4/c1-2-3-10-23-20(22)17-8-6-15-14(5-7-16(15)21-17)13-4-9-18-19(11-13)25-12-24-18/h4-9,11,21H,2-3,10,12H2,1H3. The molecule has 5 nitrogen and oxygen atoms in total. The highest BCUT2D eigenvalue weighted by molar-refractivity contribution is 5.91. The van der Waals surface area contributed by atoms with E-state index in [1.54, 1.807) is 6.07 Å². The van der Waals surface area contributed by atoms with E-state index in [4.69, 9.17) is 14.2 Å². The molecule has 1 N–H and O–H groups in total. The zero-order valence-electron chi connectivity index (χ0n) is 14.0. The lowest BCUT2D eigenvalue weighted by Crippen LogP contribution is -2.08. The van der Waals surface area contributed by atoms with Crippen molar-refractivity contribution in [2.45, 2.75) is 19.8 Å². The second kappa shape index (κ2) is 6.51. The Labute approximate surface area is 145 Å². The predicted molar refractivity (Wildman–Crippen MR) is 94.2 cm³/mol. The fourth-order valence-electron chi connectivity index (χ4n) is 2.96. The molecule has 0 aromatic heterocycles. The van der Waals surface area contributed by atoms with E-state index >= 15 is 0 Å². The number of nitrogens with one attached hydrogen (secondary N) is 1. The molecule has 0 saturated heterocycles. The second-order valence-electron chi connectivity index (χ2n) is 6.00. The maximum Gasteiger partial charge on any atom is 0.354 e. The minimum atomic E-state index is -0.318. The number of esters is 1. The lowest BCUT2D eigenvalue weighted by Gasteiger charge is -2.09. The number of ether oxygens (including phenoxy) is 3. The molecule has 1 aromatic rings. The Bertz CT molecular complexity index is 883. The van der Waals surface area contributed by atoms with Gasteiger partial charge in [-0.1, -0.05) is 25.5 Å². The number of aromatic amines is 1. The van der Waals surface area contributed by atoms with Crippen LogP contribution in [0.2, 0.25) is 0 Å². The fraction of sp³-hybridized carbons (Fsp3) is 0.250. The van der Waals surface area contributed by atoms with Crippen molar-refractivity contribution in [3.05, 3.63) is 48.2 Å². The summed E-state index contributed by atoms with van der Waals surface area (Å²) in [4.78, 5) is 15.2. The first-order valence-electron chi connectivity index (χ1n) is 8.45. The second-order valence-corrected chi connectivity index (χ2v) is 6.00. The molecule has 0 bridgehead atoms. The maximum absolute atomic E-state index is 12.1. The molecule has 0 spiro atoms. The van der Waals surface area contributed by atoms with Crippen molar-refractivity contribution in [1.29, 1.82) is 0 Å². The summed E-state index contributed by atoms with van der Waals surface area (Å²) in [6.07, 6.45) is 1.87. The van der Waals surface area contributed by atoms with Crippen LogP contribution in [0.5, 0.6) is 11.5 Å². The molecule has 0 atom stereocenters. The van der Waals surface area contributed by atoms with E-state index in [-0.39, 0.29) is 12.8 Å². The fourth-order valence-corrected chi connectivity index (χ4v) is 2.96. The molecule has 4 rings (SSSR count). The average molecular weight is 337 g/mol. The molecule has 128 valence electrons. The van der Waals surface area contributed by atoms with Crippen LogP contribution in [0.25, 0.3) is 22.4 Å². The van der Waals surface area contributed by atoms with Crippen LogP contribution in [0.15, 0.2) is 42.5 Å². The number of aromatic nitrogens is 1. The van der Waals surface area contributed by atoms with Gasteiger partial charge in [0.2, 0.25) is 6.79 Å². The Kier molecular flexibility index (Phi) is 4.06. The molecule has 1 aromatic carbocycles. The number of pyridine rings is 1. The van der Waals surface area contributed by atoms with Crippen molar-refractivity contribution in [2.75, 3.05) is 13.4 Å². The Morgan fingerprint density at radius 1 is 1.08 bits per heavy atom. The molecular formula is C20H19NO4. The molecule has 0 radical (unpaired) electrons. The summed E-state index contributed by atoms with van der Waals surface area (Å²) in [5, 5.41) is 0. The van der Waals surface area contributed by atoms with Gasteiger partial charge < -0.3 is 19.2 Å². The van der Waals surface area contributed by atoms with Gasteiger partial charge in [-0.05, 0) is 47.9 Å². The van der Waals surface area contributed by atoms with Gasteiger partial charge in [0.05, 0.1) is 6.61 Å². The summed E-state index contributed by atoms with van der Waals surface area (Å²) < 4.78 is 16.1. The Hall–Kier alpha value is -2.95. The summed E-state index contributed by atoms with van der Waals surface area (Å²) in [5.41, 5.74) is 4.54. The summed E-state index contributed by atoms with van der Waals surface area (Å²) in [5.74, 6) is 1.21. The van der Waals surface area contributed by atoms with Crippen molar-refractivity contribution < 1.29 is 19.0 Å². The van der Waals surface area contributed by atoms with Crippen molar-refractivity contribution in [2.24, 2.45) is 0 Å². The summed E-state index contributed by atoms with van der Waals surface area (Å²) in [6.45, 7) is 2.77. The van der Waals surface area contributed by atoms with E-state index in [9.17, 15) is 4.79 Å². The van der Waals surface area contributed by atoms with Gasteiger partial charge in [-0.15, -0.1) is 0 Å². The van der Waals surface area contributed by atoms with Crippen LogP contribution >= 0.6 is 0 Å². The normalized spacial score (nSPS) is 12.5. The van der Waals surface area contributed by atoms with Crippen molar-refractivity contribution in [1.82, 2.24) is 4.98 Å². The maximum atomic E-state index is 12.1. The highest BCUT2D eigenvalue weighted by atomic mass is 16.7. The summed E-state index contributed by atoms with van der Waals surface area (Å²) in [6, 6.07) is 13.6. The van der Waals surface area contributed by atoms with Crippen LogP contribution < -0.4 is 9.47 Å². The smallest absolute Gasteiger partial charge is 0.354 e. The third-order valence-corrected chi connectivity index (χ3v) is 4.32. The molecule has 0 saturated carbocycles. The van der Waals surface area contributed by atoms with Gasteiger partial charge in [-0.3, -0.25) is 0 Å². The first kappa shape index (κ1) is 15.6. The zero-order valence-corrected chi connectivity index (χ0v) is 14.0. The quantitative estimate of drug-likeness (QED) is 0.551. The van der Waals surface area contributed by atoms with Gasteiger partial charge >= 0.3 is 5.97 Å². The number of carbonyl (C=O) groups is 1. The van der Waals surface area contributed by atoms with Crippen LogP contribution in [0.4, 0.5) is 0 Å². The molecule has 0 fully saturated rings. The van der Waals surface area contributed by atoms with Gasteiger partial charge in [-0.25, -0.2) is 4.79 Å². The van der Waals surface area contributed by atoms with Gasteiger partial charge in [0.25, 0.3) is 0 Å². The number of H-pyrrole nitrogens is 1. The highest BCUT2D eigenvalue weighted by Gasteiger charge is 2.18. The van der Waals surface area contributed by atoms with Crippen LogP contribution in [-0.2, 0) is 4.74 Å². The molecule has 3 aliphatic rings. The number of hydrogen-bond donors (Lipinski definition) is 1. The Morgan fingerprint density at radius 2 is 1.92 bits per heavy atom.